The Morgan fingerprint density at radius 3 is 2.78 bits per heavy atom. The molecule has 0 saturated carbocycles. The average molecular weight is 290 g/mol. The largest absolute Gasteiger partial charge is 0.481 e. The van der Waals surface area contributed by atoms with Gasteiger partial charge in [0.05, 0.1) is 17.3 Å². The van der Waals surface area contributed by atoms with Crippen molar-refractivity contribution in [3.63, 3.8) is 0 Å². The van der Waals surface area contributed by atoms with Crippen molar-refractivity contribution < 1.29 is 18.3 Å². The average Bonchev–Trinajstić information content (AvgIpc) is 2.74. The predicted octanol–water partition coefficient (Wildman–Crippen LogP) is 0.810. The fraction of sp³-hybridized carbons (Fsp3) is 0.600. The number of sulfone groups is 1. The topological polar surface area (TPSA) is 89.3 Å². The number of imidazole rings is 1. The minimum Gasteiger partial charge on any atom is -0.481 e. The molecule has 0 bridgehead atoms. The lowest BCUT2D eigenvalue weighted by Gasteiger charge is -2.24. The van der Waals surface area contributed by atoms with Gasteiger partial charge in [-0.3, -0.25) is 4.79 Å². The summed E-state index contributed by atoms with van der Waals surface area (Å²) in [7, 11) is -2.88. The van der Waals surface area contributed by atoms with Crippen molar-refractivity contribution >= 4 is 27.6 Å². The summed E-state index contributed by atoms with van der Waals surface area (Å²) >= 11 is 1.16. The molecule has 1 fully saturated rings. The molecule has 0 atom stereocenters. The lowest BCUT2D eigenvalue weighted by Crippen LogP contribution is -2.25. The summed E-state index contributed by atoms with van der Waals surface area (Å²) < 4.78 is 24.6. The molecule has 1 saturated heterocycles. The Morgan fingerprint density at radius 1 is 1.50 bits per heavy atom. The third kappa shape index (κ3) is 3.26. The van der Waals surface area contributed by atoms with Crippen LogP contribution in [0.15, 0.2) is 17.6 Å². The Balaban J connectivity index is 2.05. The van der Waals surface area contributed by atoms with Crippen molar-refractivity contribution in [3.05, 3.63) is 12.4 Å². The molecule has 18 heavy (non-hydrogen) atoms. The third-order valence-corrected chi connectivity index (χ3v) is 5.56. The Bertz CT molecular complexity index is 524. The summed E-state index contributed by atoms with van der Waals surface area (Å²) in [5.41, 5.74) is 0. The van der Waals surface area contributed by atoms with E-state index in [0.29, 0.717) is 18.0 Å². The van der Waals surface area contributed by atoms with Gasteiger partial charge in [0.1, 0.15) is 9.84 Å². The zero-order valence-corrected chi connectivity index (χ0v) is 11.3. The van der Waals surface area contributed by atoms with Gasteiger partial charge < -0.3 is 9.67 Å². The van der Waals surface area contributed by atoms with E-state index in [1.165, 1.54) is 0 Å². The Labute approximate surface area is 109 Å². The van der Waals surface area contributed by atoms with E-state index in [1.54, 1.807) is 12.4 Å². The normalized spacial score (nSPS) is 19.8. The Morgan fingerprint density at radius 2 is 2.17 bits per heavy atom. The molecular formula is C10H14N2O4S2. The molecule has 0 aromatic carbocycles. The minimum absolute atomic E-state index is 0.0397. The van der Waals surface area contributed by atoms with Gasteiger partial charge in [-0.05, 0) is 12.8 Å². The second kappa shape index (κ2) is 5.31. The maximum Gasteiger partial charge on any atom is 0.313 e. The van der Waals surface area contributed by atoms with E-state index in [1.807, 2.05) is 4.57 Å². The van der Waals surface area contributed by atoms with E-state index in [-0.39, 0.29) is 23.3 Å². The van der Waals surface area contributed by atoms with E-state index in [4.69, 9.17) is 5.11 Å². The zero-order valence-electron chi connectivity index (χ0n) is 9.65. The number of aromatic nitrogens is 2. The SMILES string of the molecule is O=C(O)CSc1nccn1C1CCS(=O)(=O)CC1. The van der Waals surface area contributed by atoms with Crippen LogP contribution < -0.4 is 0 Å². The van der Waals surface area contributed by atoms with Gasteiger partial charge in [-0.1, -0.05) is 11.8 Å². The van der Waals surface area contributed by atoms with Gasteiger partial charge in [0, 0.05) is 18.4 Å². The highest BCUT2D eigenvalue weighted by Crippen LogP contribution is 2.28. The lowest BCUT2D eigenvalue weighted by molar-refractivity contribution is -0.133. The van der Waals surface area contributed by atoms with Crippen LogP contribution in [0.25, 0.3) is 0 Å². The Kier molecular flexibility index (Phi) is 3.96. The van der Waals surface area contributed by atoms with E-state index in [9.17, 15) is 13.2 Å². The van der Waals surface area contributed by atoms with Crippen LogP contribution in [0.2, 0.25) is 0 Å². The van der Waals surface area contributed by atoms with Crippen molar-refractivity contribution in [2.24, 2.45) is 0 Å². The summed E-state index contributed by atoms with van der Waals surface area (Å²) in [4.78, 5) is 14.6. The van der Waals surface area contributed by atoms with Crippen molar-refractivity contribution in [2.75, 3.05) is 17.3 Å². The van der Waals surface area contributed by atoms with Crippen molar-refractivity contribution in [2.45, 2.75) is 24.0 Å². The molecule has 100 valence electrons. The van der Waals surface area contributed by atoms with Crippen LogP contribution in [0.4, 0.5) is 0 Å². The first-order chi connectivity index (χ1) is 8.48. The molecule has 0 spiro atoms. The molecule has 1 aromatic rings. The molecule has 2 rings (SSSR count). The highest BCUT2D eigenvalue weighted by Gasteiger charge is 2.26. The van der Waals surface area contributed by atoms with Crippen molar-refractivity contribution in [1.82, 2.24) is 9.55 Å². The summed E-state index contributed by atoms with van der Waals surface area (Å²) in [6.45, 7) is 0. The molecule has 0 aliphatic carbocycles. The molecule has 6 nitrogen and oxygen atoms in total. The molecule has 8 heteroatoms. The number of aliphatic carboxylic acids is 1. The number of carbonyl (C=O) groups is 1. The summed E-state index contributed by atoms with van der Waals surface area (Å²) in [6, 6.07) is 0.104. The van der Waals surface area contributed by atoms with Gasteiger partial charge in [0.25, 0.3) is 0 Å². The molecule has 0 radical (unpaired) electrons. The summed E-state index contributed by atoms with van der Waals surface area (Å²) in [6.07, 6.45) is 4.54. The van der Waals surface area contributed by atoms with Gasteiger partial charge >= 0.3 is 5.97 Å². The van der Waals surface area contributed by atoms with Gasteiger partial charge in [-0.25, -0.2) is 13.4 Å². The zero-order chi connectivity index (χ0) is 13.2. The number of hydrogen-bond donors (Lipinski definition) is 1. The van der Waals surface area contributed by atoms with Gasteiger partial charge in [-0.15, -0.1) is 0 Å². The number of rotatable bonds is 4. The molecule has 1 aliphatic rings. The van der Waals surface area contributed by atoms with Crippen molar-refractivity contribution in [1.29, 1.82) is 0 Å². The quantitative estimate of drug-likeness (QED) is 0.825. The maximum absolute atomic E-state index is 11.4. The maximum atomic E-state index is 11.4. The molecule has 2 heterocycles. The Hall–Kier alpha value is -1.02. The first kappa shape index (κ1) is 13.4. The number of thioether (sulfide) groups is 1. The van der Waals surface area contributed by atoms with Crippen molar-refractivity contribution in [3.8, 4) is 0 Å². The predicted molar refractivity (Wildman–Crippen MR) is 67.5 cm³/mol. The molecule has 1 aliphatic heterocycles. The highest BCUT2D eigenvalue weighted by molar-refractivity contribution is 7.99. The van der Waals surface area contributed by atoms with E-state index < -0.39 is 15.8 Å². The summed E-state index contributed by atoms with van der Waals surface area (Å²) in [5.74, 6) is -0.541. The number of carboxylic acids is 1. The standard InChI is InChI=1S/C10H14N2O4S2/c13-9(14)7-17-10-11-3-4-12(10)8-1-5-18(15,16)6-2-8/h3-4,8H,1-2,5-7H2,(H,13,14). The monoisotopic (exact) mass is 290 g/mol. The van der Waals surface area contributed by atoms with Gasteiger partial charge in [-0.2, -0.15) is 0 Å². The fourth-order valence-electron chi connectivity index (χ4n) is 1.97. The molecule has 0 unspecified atom stereocenters. The van der Waals surface area contributed by atoms with E-state index in [0.717, 1.165) is 11.8 Å². The minimum atomic E-state index is -2.88. The first-order valence-electron chi connectivity index (χ1n) is 5.56. The van der Waals surface area contributed by atoms with Gasteiger partial charge in [0.2, 0.25) is 0 Å². The van der Waals surface area contributed by atoms with E-state index in [2.05, 4.69) is 4.98 Å². The van der Waals surface area contributed by atoms with Crippen LogP contribution in [-0.2, 0) is 14.6 Å². The number of hydrogen-bond acceptors (Lipinski definition) is 5. The second-order valence-corrected chi connectivity index (χ2v) is 7.43. The first-order valence-corrected chi connectivity index (χ1v) is 8.36. The smallest absolute Gasteiger partial charge is 0.313 e. The van der Waals surface area contributed by atoms with Crippen LogP contribution in [0.1, 0.15) is 18.9 Å². The van der Waals surface area contributed by atoms with E-state index >= 15 is 0 Å². The molecule has 1 N–H and O–H groups in total. The van der Waals surface area contributed by atoms with Crippen LogP contribution in [0, 0.1) is 0 Å². The number of nitrogens with zero attached hydrogens (tertiary/aromatic N) is 2. The molecule has 0 amide bonds. The third-order valence-electron chi connectivity index (χ3n) is 2.88. The fourth-order valence-corrected chi connectivity index (χ4v) is 4.18. The lowest BCUT2D eigenvalue weighted by atomic mass is 10.1. The van der Waals surface area contributed by atoms with Crippen LogP contribution in [0.5, 0.6) is 0 Å². The highest BCUT2D eigenvalue weighted by atomic mass is 32.2. The number of carboxylic acid groups (broad SMARTS) is 1. The molecule has 1 aromatic heterocycles. The van der Waals surface area contributed by atoms with Gasteiger partial charge in [0.15, 0.2) is 5.16 Å². The van der Waals surface area contributed by atoms with Crippen LogP contribution >= 0.6 is 11.8 Å². The molecular weight excluding hydrogens is 276 g/mol. The van der Waals surface area contributed by atoms with Crippen LogP contribution in [0.3, 0.4) is 0 Å². The van der Waals surface area contributed by atoms with Crippen LogP contribution in [-0.4, -0.2) is 46.3 Å². The second-order valence-electron chi connectivity index (χ2n) is 4.18. The summed E-state index contributed by atoms with van der Waals surface area (Å²) in [5, 5.41) is 9.29.